The number of benzene rings is 1. The Bertz CT molecular complexity index is 253. The van der Waals surface area contributed by atoms with Gasteiger partial charge in [0.15, 0.2) is 0 Å². The monoisotopic (exact) mass is 294 g/mol. The number of halogens is 2. The third kappa shape index (κ3) is 5.13. The van der Waals surface area contributed by atoms with E-state index in [2.05, 4.69) is 15.9 Å². The van der Waals surface area contributed by atoms with Gasteiger partial charge in [-0.15, -0.1) is 11.6 Å². The maximum atomic E-state index is 5.55. The van der Waals surface area contributed by atoms with Crippen molar-refractivity contribution >= 4 is 39.3 Å². The molecule has 0 heterocycles. The van der Waals surface area contributed by atoms with Crippen molar-refractivity contribution in [3.8, 4) is 5.75 Å². The third-order valence-electron chi connectivity index (χ3n) is 1.53. The van der Waals surface area contributed by atoms with Crippen LogP contribution in [0.3, 0.4) is 0 Å². The molecule has 0 saturated carbocycles. The van der Waals surface area contributed by atoms with Crippen LogP contribution in [-0.2, 0) is 0 Å². The zero-order valence-corrected chi connectivity index (χ0v) is 10.9. The van der Waals surface area contributed by atoms with Crippen LogP contribution in [0.2, 0.25) is 0 Å². The van der Waals surface area contributed by atoms with E-state index in [0.29, 0.717) is 5.88 Å². The van der Waals surface area contributed by atoms with Gasteiger partial charge in [0.1, 0.15) is 5.75 Å². The molecule has 1 aromatic carbocycles. The molecule has 4 heteroatoms. The smallest absolute Gasteiger partial charge is 0.119 e. The van der Waals surface area contributed by atoms with Crippen molar-refractivity contribution in [3.63, 3.8) is 0 Å². The molecule has 0 spiro atoms. The molecule has 0 radical (unpaired) electrons. The number of alkyl halides is 1. The van der Waals surface area contributed by atoms with Gasteiger partial charge in [-0.2, -0.15) is 11.8 Å². The molecule has 0 atom stereocenters. The van der Waals surface area contributed by atoms with Crippen LogP contribution in [0.4, 0.5) is 0 Å². The summed E-state index contributed by atoms with van der Waals surface area (Å²) in [6.45, 7) is 0.739. The molecular weight excluding hydrogens is 284 g/mol. The highest BCUT2D eigenvalue weighted by molar-refractivity contribution is 9.10. The number of rotatable bonds is 6. The van der Waals surface area contributed by atoms with Crippen LogP contribution in [0.25, 0.3) is 0 Å². The van der Waals surface area contributed by atoms with Gasteiger partial charge in [-0.25, -0.2) is 0 Å². The third-order valence-corrected chi connectivity index (χ3v) is 3.42. The van der Waals surface area contributed by atoms with E-state index in [9.17, 15) is 0 Å². The number of ether oxygens (including phenoxy) is 1. The first-order chi connectivity index (χ1) is 6.83. The molecule has 0 aliphatic carbocycles. The predicted molar refractivity (Wildman–Crippen MR) is 67.7 cm³/mol. The second-order valence-corrected chi connectivity index (χ2v) is 5.12. The SMILES string of the molecule is ClCCSCCOc1ccc(Br)cc1. The molecule has 0 saturated heterocycles. The van der Waals surface area contributed by atoms with Crippen molar-refractivity contribution in [2.24, 2.45) is 0 Å². The van der Waals surface area contributed by atoms with Crippen LogP contribution in [0.1, 0.15) is 0 Å². The minimum atomic E-state index is 0.711. The lowest BCUT2D eigenvalue weighted by molar-refractivity contribution is 0.344. The lowest BCUT2D eigenvalue weighted by atomic mass is 10.3. The van der Waals surface area contributed by atoms with Gasteiger partial charge in [0.25, 0.3) is 0 Å². The van der Waals surface area contributed by atoms with E-state index in [1.54, 1.807) is 0 Å². The lowest BCUT2D eigenvalue weighted by Crippen LogP contribution is -2.00. The summed E-state index contributed by atoms with van der Waals surface area (Å²) in [4.78, 5) is 0. The molecule has 0 fully saturated rings. The number of hydrogen-bond acceptors (Lipinski definition) is 2. The standard InChI is InChI=1S/C10H12BrClOS/c11-9-1-3-10(4-2-9)13-6-8-14-7-5-12/h1-4H,5-8H2. The van der Waals surface area contributed by atoms with Crippen LogP contribution >= 0.6 is 39.3 Å². The van der Waals surface area contributed by atoms with E-state index >= 15 is 0 Å². The van der Waals surface area contributed by atoms with Crippen LogP contribution in [0.15, 0.2) is 28.7 Å². The highest BCUT2D eigenvalue weighted by atomic mass is 79.9. The van der Waals surface area contributed by atoms with Gasteiger partial charge in [0.2, 0.25) is 0 Å². The zero-order valence-electron chi connectivity index (χ0n) is 7.71. The summed E-state index contributed by atoms with van der Waals surface area (Å²) in [6.07, 6.45) is 0. The molecule has 0 amide bonds. The van der Waals surface area contributed by atoms with Crippen LogP contribution in [-0.4, -0.2) is 24.0 Å². The van der Waals surface area contributed by atoms with E-state index < -0.39 is 0 Å². The summed E-state index contributed by atoms with van der Waals surface area (Å²) in [7, 11) is 0. The first-order valence-corrected chi connectivity index (χ1v) is 6.83. The first-order valence-electron chi connectivity index (χ1n) is 4.35. The Balaban J connectivity index is 2.15. The maximum absolute atomic E-state index is 5.55. The number of thioether (sulfide) groups is 1. The highest BCUT2D eigenvalue weighted by Gasteiger charge is 1.93. The summed E-state index contributed by atoms with van der Waals surface area (Å²) < 4.78 is 6.59. The summed E-state index contributed by atoms with van der Waals surface area (Å²) in [5.74, 6) is 3.61. The Labute approximate surface area is 102 Å². The minimum absolute atomic E-state index is 0.711. The summed E-state index contributed by atoms with van der Waals surface area (Å²) >= 11 is 10.7. The van der Waals surface area contributed by atoms with Crippen molar-refractivity contribution in [3.05, 3.63) is 28.7 Å². The Kier molecular flexibility index (Phi) is 6.48. The summed E-state index contributed by atoms with van der Waals surface area (Å²) in [5, 5.41) is 0. The van der Waals surface area contributed by atoms with E-state index in [1.165, 1.54) is 0 Å². The van der Waals surface area contributed by atoms with Gasteiger partial charge in [-0.05, 0) is 24.3 Å². The van der Waals surface area contributed by atoms with E-state index in [0.717, 1.165) is 28.3 Å². The Morgan fingerprint density at radius 1 is 1.21 bits per heavy atom. The van der Waals surface area contributed by atoms with E-state index in [1.807, 2.05) is 36.0 Å². The highest BCUT2D eigenvalue weighted by Crippen LogP contribution is 2.16. The van der Waals surface area contributed by atoms with Gasteiger partial charge in [0.05, 0.1) is 6.61 Å². The van der Waals surface area contributed by atoms with Crippen LogP contribution in [0.5, 0.6) is 5.75 Å². The van der Waals surface area contributed by atoms with Gasteiger partial charge in [-0.3, -0.25) is 0 Å². The number of hydrogen-bond donors (Lipinski definition) is 0. The normalized spacial score (nSPS) is 10.1. The molecule has 1 aromatic rings. The van der Waals surface area contributed by atoms with E-state index in [4.69, 9.17) is 16.3 Å². The van der Waals surface area contributed by atoms with Crippen LogP contribution in [0, 0.1) is 0 Å². The molecule has 0 aliphatic rings. The Hall–Kier alpha value is 0.140. The Morgan fingerprint density at radius 2 is 1.93 bits per heavy atom. The van der Waals surface area contributed by atoms with Crippen molar-refractivity contribution in [1.29, 1.82) is 0 Å². The molecular formula is C10H12BrClOS. The van der Waals surface area contributed by atoms with E-state index in [-0.39, 0.29) is 0 Å². The molecule has 1 rings (SSSR count). The molecule has 0 aromatic heterocycles. The molecule has 0 aliphatic heterocycles. The van der Waals surface area contributed by atoms with Crippen LogP contribution < -0.4 is 4.74 Å². The fourth-order valence-electron chi connectivity index (χ4n) is 0.906. The molecule has 1 nitrogen and oxygen atoms in total. The van der Waals surface area contributed by atoms with Crippen molar-refractivity contribution < 1.29 is 4.74 Å². The summed E-state index contributed by atoms with van der Waals surface area (Å²) in [6, 6.07) is 7.86. The lowest BCUT2D eigenvalue weighted by Gasteiger charge is -2.05. The molecule has 0 bridgehead atoms. The fourth-order valence-corrected chi connectivity index (χ4v) is 2.01. The van der Waals surface area contributed by atoms with Crippen molar-refractivity contribution in [2.75, 3.05) is 24.0 Å². The van der Waals surface area contributed by atoms with Gasteiger partial charge >= 0.3 is 0 Å². The second kappa shape index (κ2) is 7.43. The predicted octanol–water partition coefficient (Wildman–Crippen LogP) is 3.80. The largest absolute Gasteiger partial charge is 0.493 e. The van der Waals surface area contributed by atoms with Gasteiger partial charge < -0.3 is 4.74 Å². The second-order valence-electron chi connectivity index (χ2n) is 2.60. The minimum Gasteiger partial charge on any atom is -0.493 e. The van der Waals surface area contributed by atoms with Gasteiger partial charge in [0, 0.05) is 21.9 Å². The van der Waals surface area contributed by atoms with Gasteiger partial charge in [-0.1, -0.05) is 15.9 Å². The average molecular weight is 296 g/mol. The first kappa shape index (κ1) is 12.2. The average Bonchev–Trinajstić information content (AvgIpc) is 2.21. The fraction of sp³-hybridized carbons (Fsp3) is 0.400. The molecule has 14 heavy (non-hydrogen) atoms. The Morgan fingerprint density at radius 3 is 2.57 bits per heavy atom. The molecule has 0 N–H and O–H groups in total. The topological polar surface area (TPSA) is 9.23 Å². The quantitative estimate of drug-likeness (QED) is 0.583. The van der Waals surface area contributed by atoms with Crippen molar-refractivity contribution in [2.45, 2.75) is 0 Å². The zero-order chi connectivity index (χ0) is 10.2. The maximum Gasteiger partial charge on any atom is 0.119 e. The molecule has 78 valence electrons. The molecule has 0 unspecified atom stereocenters. The van der Waals surface area contributed by atoms with Crippen molar-refractivity contribution in [1.82, 2.24) is 0 Å². The summed E-state index contributed by atoms with van der Waals surface area (Å²) in [5.41, 5.74) is 0.